The molecule has 5 nitrogen and oxygen atoms in total. The summed E-state index contributed by atoms with van der Waals surface area (Å²) in [6.07, 6.45) is 4.71. The second-order valence-corrected chi connectivity index (χ2v) is 6.72. The first-order valence-corrected chi connectivity index (χ1v) is 8.50. The van der Waals surface area contributed by atoms with Gasteiger partial charge in [-0.3, -0.25) is 13.6 Å². The topological polar surface area (TPSA) is 65.4 Å². The van der Waals surface area contributed by atoms with Crippen LogP contribution in [-0.4, -0.2) is 29.1 Å². The molecule has 2 aromatic rings. The highest BCUT2D eigenvalue weighted by Gasteiger charge is 2.44. The van der Waals surface area contributed by atoms with E-state index < -0.39 is 0 Å². The standard InChI is InChI=1S/C18H17NO4S/c20-11-14-10-17(14)18(22)23-8-6-13-3-1-5-16(9-13)24-19-7-2-4-15(19)12-21/h1-5,7,9,11-12,14,17H,6,8,10H2. The molecule has 1 heterocycles. The Morgan fingerprint density at radius 1 is 1.29 bits per heavy atom. The fourth-order valence-corrected chi connectivity index (χ4v) is 3.35. The average Bonchev–Trinajstić information content (AvgIpc) is 3.26. The zero-order chi connectivity index (χ0) is 16.9. The third-order valence-corrected chi connectivity index (χ3v) is 4.91. The van der Waals surface area contributed by atoms with Crippen LogP contribution in [0, 0.1) is 11.8 Å². The van der Waals surface area contributed by atoms with Crippen molar-refractivity contribution in [2.75, 3.05) is 6.61 Å². The largest absolute Gasteiger partial charge is 0.465 e. The second-order valence-electron chi connectivity index (χ2n) is 5.68. The Hall–Kier alpha value is -2.34. The number of nitrogens with zero attached hydrogens (tertiary/aromatic N) is 1. The zero-order valence-electron chi connectivity index (χ0n) is 13.0. The van der Waals surface area contributed by atoms with Gasteiger partial charge in [-0.2, -0.15) is 0 Å². The molecule has 0 saturated heterocycles. The molecule has 0 amide bonds. The normalized spacial score (nSPS) is 18.8. The molecule has 124 valence electrons. The summed E-state index contributed by atoms with van der Waals surface area (Å²) in [7, 11) is 0. The number of esters is 1. The fraction of sp³-hybridized carbons (Fsp3) is 0.278. The van der Waals surface area contributed by atoms with Crippen molar-refractivity contribution in [2.45, 2.75) is 17.7 Å². The lowest BCUT2D eigenvalue weighted by Crippen LogP contribution is -2.11. The minimum atomic E-state index is -0.277. The van der Waals surface area contributed by atoms with E-state index in [2.05, 4.69) is 0 Å². The van der Waals surface area contributed by atoms with E-state index in [9.17, 15) is 14.4 Å². The van der Waals surface area contributed by atoms with Gasteiger partial charge in [0.05, 0.1) is 18.2 Å². The maximum atomic E-state index is 11.7. The summed E-state index contributed by atoms with van der Waals surface area (Å²) in [4.78, 5) is 34.2. The highest BCUT2D eigenvalue weighted by Crippen LogP contribution is 2.37. The number of carbonyl (C=O) groups excluding carboxylic acids is 3. The first-order valence-electron chi connectivity index (χ1n) is 7.73. The van der Waals surface area contributed by atoms with Gasteiger partial charge in [0.2, 0.25) is 0 Å². The molecule has 1 aromatic heterocycles. The van der Waals surface area contributed by atoms with E-state index in [4.69, 9.17) is 4.74 Å². The summed E-state index contributed by atoms with van der Waals surface area (Å²) in [6.45, 7) is 0.304. The lowest BCUT2D eigenvalue weighted by Gasteiger charge is -2.08. The molecule has 1 aliphatic rings. The van der Waals surface area contributed by atoms with E-state index >= 15 is 0 Å². The van der Waals surface area contributed by atoms with Crippen molar-refractivity contribution in [3.05, 3.63) is 53.9 Å². The van der Waals surface area contributed by atoms with Crippen molar-refractivity contribution < 1.29 is 19.1 Å². The summed E-state index contributed by atoms with van der Waals surface area (Å²) in [6, 6.07) is 11.5. The molecule has 0 N–H and O–H groups in total. The van der Waals surface area contributed by atoms with Gasteiger partial charge in [-0.15, -0.1) is 0 Å². The Bertz CT molecular complexity index is 755. The van der Waals surface area contributed by atoms with Crippen LogP contribution in [0.3, 0.4) is 0 Å². The van der Waals surface area contributed by atoms with Crippen LogP contribution < -0.4 is 0 Å². The number of hydrogen-bond acceptors (Lipinski definition) is 5. The summed E-state index contributed by atoms with van der Waals surface area (Å²) in [5.74, 6) is -0.661. The SMILES string of the molecule is O=Cc1cccn1Sc1cccc(CCOC(=O)C2CC2C=O)c1. The highest BCUT2D eigenvalue weighted by atomic mass is 32.2. The lowest BCUT2D eigenvalue weighted by molar-refractivity contribution is -0.145. The predicted octanol–water partition coefficient (Wildman–Crippen LogP) is 2.78. The molecule has 2 unspecified atom stereocenters. The number of aromatic nitrogens is 1. The minimum absolute atomic E-state index is 0.147. The summed E-state index contributed by atoms with van der Waals surface area (Å²) in [5, 5.41) is 0. The number of aldehydes is 2. The molecule has 24 heavy (non-hydrogen) atoms. The van der Waals surface area contributed by atoms with Gasteiger partial charge in [0.15, 0.2) is 6.29 Å². The molecular weight excluding hydrogens is 326 g/mol. The van der Waals surface area contributed by atoms with Crippen molar-refractivity contribution in [1.29, 1.82) is 0 Å². The van der Waals surface area contributed by atoms with E-state index in [0.29, 0.717) is 25.1 Å². The van der Waals surface area contributed by atoms with Gasteiger partial charge >= 0.3 is 5.97 Å². The lowest BCUT2D eigenvalue weighted by atomic mass is 10.2. The molecule has 0 radical (unpaired) electrons. The molecule has 1 aliphatic carbocycles. The molecule has 6 heteroatoms. The van der Waals surface area contributed by atoms with E-state index in [-0.39, 0.29) is 17.8 Å². The van der Waals surface area contributed by atoms with Crippen molar-refractivity contribution in [1.82, 2.24) is 3.97 Å². The number of ether oxygens (including phenoxy) is 1. The van der Waals surface area contributed by atoms with E-state index in [0.717, 1.165) is 23.0 Å². The van der Waals surface area contributed by atoms with Gasteiger partial charge < -0.3 is 9.53 Å². The van der Waals surface area contributed by atoms with Gasteiger partial charge in [0.25, 0.3) is 0 Å². The molecule has 1 aromatic carbocycles. The third-order valence-electron chi connectivity index (χ3n) is 3.92. The van der Waals surface area contributed by atoms with Crippen LogP contribution in [-0.2, 0) is 20.7 Å². The van der Waals surface area contributed by atoms with Crippen molar-refractivity contribution in [3.8, 4) is 0 Å². The molecule has 2 atom stereocenters. The Morgan fingerprint density at radius 3 is 2.92 bits per heavy atom. The quantitative estimate of drug-likeness (QED) is 0.545. The number of benzene rings is 1. The molecule has 0 spiro atoms. The van der Waals surface area contributed by atoms with Crippen LogP contribution >= 0.6 is 11.9 Å². The van der Waals surface area contributed by atoms with Gasteiger partial charge in [0.1, 0.15) is 6.29 Å². The number of hydrogen-bond donors (Lipinski definition) is 0. The predicted molar refractivity (Wildman–Crippen MR) is 89.8 cm³/mol. The maximum absolute atomic E-state index is 11.7. The average molecular weight is 343 g/mol. The minimum Gasteiger partial charge on any atom is -0.465 e. The van der Waals surface area contributed by atoms with Crippen LogP contribution in [0.1, 0.15) is 22.5 Å². The second kappa shape index (κ2) is 7.49. The first kappa shape index (κ1) is 16.5. The molecular formula is C18H17NO4S. The van der Waals surface area contributed by atoms with Crippen molar-refractivity contribution in [3.63, 3.8) is 0 Å². The van der Waals surface area contributed by atoms with Gasteiger partial charge in [-0.25, -0.2) is 0 Å². The van der Waals surface area contributed by atoms with E-state index in [1.165, 1.54) is 11.9 Å². The maximum Gasteiger partial charge on any atom is 0.309 e. The van der Waals surface area contributed by atoms with E-state index in [1.807, 2.05) is 36.5 Å². The Labute approximate surface area is 144 Å². The summed E-state index contributed by atoms with van der Waals surface area (Å²) in [5.41, 5.74) is 1.66. The molecule has 0 bridgehead atoms. The van der Waals surface area contributed by atoms with Gasteiger partial charge in [-0.05, 0) is 48.2 Å². The Morgan fingerprint density at radius 2 is 2.17 bits per heavy atom. The van der Waals surface area contributed by atoms with E-state index in [1.54, 1.807) is 10.0 Å². The van der Waals surface area contributed by atoms with Crippen LogP contribution in [0.4, 0.5) is 0 Å². The smallest absolute Gasteiger partial charge is 0.309 e. The molecule has 1 saturated carbocycles. The summed E-state index contributed by atoms with van der Waals surface area (Å²) < 4.78 is 7.03. The van der Waals surface area contributed by atoms with Crippen molar-refractivity contribution >= 4 is 30.5 Å². The van der Waals surface area contributed by atoms with Crippen LogP contribution in [0.25, 0.3) is 0 Å². The fourth-order valence-electron chi connectivity index (χ4n) is 2.44. The molecule has 0 aliphatic heterocycles. The van der Waals surface area contributed by atoms with Crippen LogP contribution in [0.15, 0.2) is 47.5 Å². The number of rotatable bonds is 8. The first-order chi connectivity index (χ1) is 11.7. The van der Waals surface area contributed by atoms with Gasteiger partial charge in [0, 0.05) is 23.4 Å². The van der Waals surface area contributed by atoms with Crippen molar-refractivity contribution in [2.24, 2.45) is 11.8 Å². The number of carbonyl (C=O) groups is 3. The Balaban J connectivity index is 1.53. The van der Waals surface area contributed by atoms with Crippen LogP contribution in [0.5, 0.6) is 0 Å². The molecule has 3 rings (SSSR count). The third kappa shape index (κ3) is 3.94. The zero-order valence-corrected chi connectivity index (χ0v) is 13.8. The molecule has 1 fully saturated rings. The monoisotopic (exact) mass is 343 g/mol. The van der Waals surface area contributed by atoms with Crippen LogP contribution in [0.2, 0.25) is 0 Å². The Kier molecular flexibility index (Phi) is 5.15. The highest BCUT2D eigenvalue weighted by molar-refractivity contribution is 7.97. The van der Waals surface area contributed by atoms with Gasteiger partial charge in [-0.1, -0.05) is 12.1 Å². The summed E-state index contributed by atoms with van der Waals surface area (Å²) >= 11 is 1.46.